The Kier molecular flexibility index (Phi) is 7.57. The molecule has 1 atom stereocenters. The first-order chi connectivity index (χ1) is 7.07. The van der Waals surface area contributed by atoms with Crippen molar-refractivity contribution in [1.82, 2.24) is 5.32 Å². The molecular weight excluding hydrogens is 202 g/mol. The third-order valence-electron chi connectivity index (χ3n) is 1.66. The minimum absolute atomic E-state index is 0.236. The molecule has 15 heavy (non-hydrogen) atoms. The minimum Gasteiger partial charge on any atom is -0.479 e. The number of ether oxygens (including phenoxy) is 2. The van der Waals surface area contributed by atoms with Gasteiger partial charge in [-0.3, -0.25) is 4.79 Å². The lowest BCUT2D eigenvalue weighted by Gasteiger charge is -2.08. The number of nitrogens with one attached hydrogen (secondary N) is 1. The van der Waals surface area contributed by atoms with E-state index in [1.54, 1.807) is 7.11 Å². The monoisotopic (exact) mass is 219 g/mol. The number of hydrogen-bond acceptors (Lipinski definition) is 4. The number of carboxylic acids is 1. The van der Waals surface area contributed by atoms with Crippen LogP contribution in [0.25, 0.3) is 0 Å². The van der Waals surface area contributed by atoms with Gasteiger partial charge in [0.15, 0.2) is 6.10 Å². The molecule has 0 aliphatic heterocycles. The fourth-order valence-electron chi connectivity index (χ4n) is 0.767. The van der Waals surface area contributed by atoms with E-state index in [1.165, 1.54) is 6.92 Å². The van der Waals surface area contributed by atoms with Gasteiger partial charge in [-0.2, -0.15) is 0 Å². The minimum atomic E-state index is -1.08. The molecule has 0 aromatic heterocycles. The van der Waals surface area contributed by atoms with E-state index in [1.807, 2.05) is 0 Å². The van der Waals surface area contributed by atoms with Crippen molar-refractivity contribution in [2.24, 2.45) is 0 Å². The van der Waals surface area contributed by atoms with Crippen LogP contribution in [0.15, 0.2) is 0 Å². The molecule has 6 heteroatoms. The van der Waals surface area contributed by atoms with Crippen molar-refractivity contribution in [3.05, 3.63) is 0 Å². The molecular formula is C9H17NO5. The predicted octanol–water partition coefficient (Wildman–Crippen LogP) is -0.371. The van der Waals surface area contributed by atoms with Crippen molar-refractivity contribution in [2.75, 3.05) is 26.9 Å². The van der Waals surface area contributed by atoms with Gasteiger partial charge in [0.05, 0.1) is 0 Å². The van der Waals surface area contributed by atoms with Crippen LogP contribution in [0.5, 0.6) is 0 Å². The van der Waals surface area contributed by atoms with Gasteiger partial charge < -0.3 is 19.9 Å². The average Bonchev–Trinajstić information content (AvgIpc) is 2.20. The highest BCUT2D eigenvalue weighted by atomic mass is 16.5. The van der Waals surface area contributed by atoms with Gasteiger partial charge in [0.25, 0.3) is 0 Å². The second-order valence-electron chi connectivity index (χ2n) is 2.99. The van der Waals surface area contributed by atoms with Crippen molar-refractivity contribution in [2.45, 2.75) is 19.4 Å². The maximum atomic E-state index is 11.1. The summed E-state index contributed by atoms with van der Waals surface area (Å²) in [7, 11) is 1.58. The van der Waals surface area contributed by atoms with Crippen molar-refractivity contribution in [3.63, 3.8) is 0 Å². The number of methoxy groups -OCH3 is 1. The second kappa shape index (κ2) is 8.19. The van der Waals surface area contributed by atoms with Crippen LogP contribution in [0, 0.1) is 0 Å². The van der Waals surface area contributed by atoms with E-state index >= 15 is 0 Å². The Morgan fingerprint density at radius 3 is 2.67 bits per heavy atom. The van der Waals surface area contributed by atoms with Crippen LogP contribution < -0.4 is 5.32 Å². The summed E-state index contributed by atoms with van der Waals surface area (Å²) in [6.45, 7) is 2.21. The van der Waals surface area contributed by atoms with E-state index in [-0.39, 0.29) is 12.5 Å². The number of amides is 1. The Hall–Kier alpha value is -1.14. The quantitative estimate of drug-likeness (QED) is 0.544. The molecule has 1 amide bonds. The van der Waals surface area contributed by atoms with Gasteiger partial charge in [0.1, 0.15) is 6.61 Å². The van der Waals surface area contributed by atoms with Crippen molar-refractivity contribution < 1.29 is 24.2 Å². The molecule has 0 bridgehead atoms. The van der Waals surface area contributed by atoms with E-state index in [0.29, 0.717) is 13.2 Å². The van der Waals surface area contributed by atoms with Gasteiger partial charge in [-0.1, -0.05) is 0 Å². The molecule has 0 radical (unpaired) electrons. The number of carbonyl (C=O) groups is 2. The van der Waals surface area contributed by atoms with Crippen molar-refractivity contribution in [3.8, 4) is 0 Å². The second-order valence-corrected chi connectivity index (χ2v) is 2.99. The van der Waals surface area contributed by atoms with E-state index in [9.17, 15) is 9.59 Å². The molecule has 0 aromatic rings. The van der Waals surface area contributed by atoms with Gasteiger partial charge in [0, 0.05) is 20.3 Å². The Labute approximate surface area is 88.6 Å². The molecule has 0 spiro atoms. The zero-order valence-corrected chi connectivity index (χ0v) is 8.99. The first-order valence-corrected chi connectivity index (χ1v) is 4.68. The molecule has 88 valence electrons. The summed E-state index contributed by atoms with van der Waals surface area (Å²) < 4.78 is 9.57. The third kappa shape index (κ3) is 7.90. The number of hydrogen-bond donors (Lipinski definition) is 2. The zero-order valence-electron chi connectivity index (χ0n) is 8.99. The lowest BCUT2D eigenvalue weighted by atomic mass is 10.4. The van der Waals surface area contributed by atoms with Gasteiger partial charge in [0.2, 0.25) is 5.91 Å². The third-order valence-corrected chi connectivity index (χ3v) is 1.66. The SMILES string of the molecule is COCCCNC(=O)COC(C)C(=O)O. The number of rotatable bonds is 8. The molecule has 0 saturated carbocycles. The lowest BCUT2D eigenvalue weighted by molar-refractivity contribution is -0.150. The summed E-state index contributed by atoms with van der Waals surface area (Å²) >= 11 is 0. The van der Waals surface area contributed by atoms with Crippen LogP contribution in [0.1, 0.15) is 13.3 Å². The highest BCUT2D eigenvalue weighted by Gasteiger charge is 2.12. The van der Waals surface area contributed by atoms with Crippen LogP contribution in [-0.2, 0) is 19.1 Å². The van der Waals surface area contributed by atoms with Gasteiger partial charge >= 0.3 is 5.97 Å². The van der Waals surface area contributed by atoms with E-state index in [2.05, 4.69) is 5.32 Å². The molecule has 6 nitrogen and oxygen atoms in total. The number of carbonyl (C=O) groups excluding carboxylic acids is 1. The van der Waals surface area contributed by atoms with Crippen molar-refractivity contribution in [1.29, 1.82) is 0 Å². The molecule has 0 aliphatic carbocycles. The Morgan fingerprint density at radius 1 is 1.47 bits per heavy atom. The molecule has 0 fully saturated rings. The van der Waals surface area contributed by atoms with Gasteiger partial charge in [-0.15, -0.1) is 0 Å². The lowest BCUT2D eigenvalue weighted by Crippen LogP contribution is -2.32. The predicted molar refractivity (Wildman–Crippen MR) is 52.6 cm³/mol. The Morgan fingerprint density at radius 2 is 2.13 bits per heavy atom. The molecule has 0 aliphatic rings. The fraction of sp³-hybridized carbons (Fsp3) is 0.778. The summed E-state index contributed by atoms with van der Waals surface area (Å²) in [6, 6.07) is 0. The van der Waals surface area contributed by atoms with Crippen LogP contribution >= 0.6 is 0 Å². The average molecular weight is 219 g/mol. The summed E-state index contributed by atoms with van der Waals surface area (Å²) in [6.07, 6.45) is -0.244. The molecule has 0 saturated heterocycles. The molecule has 0 aromatic carbocycles. The van der Waals surface area contributed by atoms with Crippen LogP contribution in [0.4, 0.5) is 0 Å². The standard InChI is InChI=1S/C9H17NO5/c1-7(9(12)13)15-6-8(11)10-4-3-5-14-2/h7H,3-6H2,1-2H3,(H,10,11)(H,12,13). The smallest absolute Gasteiger partial charge is 0.332 e. The van der Waals surface area contributed by atoms with E-state index in [0.717, 1.165) is 6.42 Å². The zero-order chi connectivity index (χ0) is 11.7. The summed E-state index contributed by atoms with van der Waals surface area (Å²) in [5.41, 5.74) is 0. The number of aliphatic carboxylic acids is 1. The molecule has 2 N–H and O–H groups in total. The summed E-state index contributed by atoms with van der Waals surface area (Å²) in [5, 5.41) is 11.0. The summed E-state index contributed by atoms with van der Waals surface area (Å²) in [4.78, 5) is 21.4. The maximum Gasteiger partial charge on any atom is 0.332 e. The van der Waals surface area contributed by atoms with E-state index < -0.39 is 12.1 Å². The Balaban J connectivity index is 3.45. The first kappa shape index (κ1) is 13.9. The molecule has 1 unspecified atom stereocenters. The van der Waals surface area contributed by atoms with Crippen LogP contribution in [-0.4, -0.2) is 50.0 Å². The van der Waals surface area contributed by atoms with Gasteiger partial charge in [-0.25, -0.2) is 4.79 Å². The summed E-state index contributed by atoms with van der Waals surface area (Å²) in [5.74, 6) is -1.40. The molecule has 0 rings (SSSR count). The van der Waals surface area contributed by atoms with Crippen LogP contribution in [0.2, 0.25) is 0 Å². The van der Waals surface area contributed by atoms with Crippen LogP contribution in [0.3, 0.4) is 0 Å². The normalized spacial score (nSPS) is 12.1. The largest absolute Gasteiger partial charge is 0.479 e. The molecule has 0 heterocycles. The van der Waals surface area contributed by atoms with Crippen molar-refractivity contribution >= 4 is 11.9 Å². The van der Waals surface area contributed by atoms with E-state index in [4.69, 9.17) is 14.6 Å². The fourth-order valence-corrected chi connectivity index (χ4v) is 0.767. The van der Waals surface area contributed by atoms with Gasteiger partial charge in [-0.05, 0) is 13.3 Å². The highest BCUT2D eigenvalue weighted by molar-refractivity contribution is 5.78. The first-order valence-electron chi connectivity index (χ1n) is 4.68. The topological polar surface area (TPSA) is 84.9 Å². The number of carboxylic acid groups (broad SMARTS) is 1. The Bertz CT molecular complexity index is 207. The highest BCUT2D eigenvalue weighted by Crippen LogP contribution is 1.89. The maximum absolute atomic E-state index is 11.1.